The van der Waals surface area contributed by atoms with E-state index in [0.29, 0.717) is 43.2 Å². The number of aromatic nitrogens is 1. The second-order valence-electron chi connectivity index (χ2n) is 10.9. The third-order valence-corrected chi connectivity index (χ3v) is 7.67. The molecule has 3 rings (SSSR count). The minimum atomic E-state index is -0.849. The van der Waals surface area contributed by atoms with Gasteiger partial charge in [-0.2, -0.15) is 10.5 Å². The van der Waals surface area contributed by atoms with E-state index in [2.05, 4.69) is 48.1 Å². The summed E-state index contributed by atoms with van der Waals surface area (Å²) in [5.41, 5.74) is 3.16. The summed E-state index contributed by atoms with van der Waals surface area (Å²) in [5.74, 6) is -0.863. The van der Waals surface area contributed by atoms with E-state index in [0.717, 1.165) is 30.5 Å². The van der Waals surface area contributed by atoms with E-state index in [4.69, 9.17) is 5.26 Å². The number of hydrogen-bond acceptors (Lipinski definition) is 8. The van der Waals surface area contributed by atoms with E-state index in [1.165, 1.54) is 32.1 Å². The Balaban J connectivity index is 0.000000503. The van der Waals surface area contributed by atoms with Crippen LogP contribution in [-0.4, -0.2) is 65.1 Å². The Bertz CT molecular complexity index is 1120. The molecule has 0 bridgehead atoms. The normalized spacial score (nSPS) is 19.1. The molecule has 8 nitrogen and oxygen atoms in total. The standard InChI is InChI=1S/C24H27N5O2.C9H21N/c1-2-9-28(11-7-19(15-26)22-12-18(14-25)6-8-27-22)16-20-13-21(17-30)24(31)29-10-4-3-5-23(20)29;1-4-5-6-7-8-9(2)10-3/h3-6,8,10,12,17,19,21,24,31H,2,7,9,11,13,16H2,1H3;9-10H,4-8H2,1-3H3. The van der Waals surface area contributed by atoms with Gasteiger partial charge in [-0.05, 0) is 76.1 Å². The van der Waals surface area contributed by atoms with Crippen molar-refractivity contribution >= 4 is 6.29 Å². The molecule has 1 aromatic rings. The van der Waals surface area contributed by atoms with Gasteiger partial charge in [0.2, 0.25) is 0 Å². The van der Waals surface area contributed by atoms with Gasteiger partial charge in [0.05, 0.1) is 35.2 Å². The summed E-state index contributed by atoms with van der Waals surface area (Å²) in [7, 11) is 2.03. The number of rotatable bonds is 15. The molecule has 2 aliphatic rings. The minimum Gasteiger partial charge on any atom is -0.372 e. The van der Waals surface area contributed by atoms with Gasteiger partial charge < -0.3 is 20.1 Å². The average molecular weight is 561 g/mol. The first kappa shape index (κ1) is 33.9. The topological polar surface area (TPSA) is 116 Å². The van der Waals surface area contributed by atoms with E-state index in [-0.39, 0.29) is 0 Å². The van der Waals surface area contributed by atoms with Crippen LogP contribution >= 0.6 is 0 Å². The summed E-state index contributed by atoms with van der Waals surface area (Å²) in [6.45, 7) is 8.81. The van der Waals surface area contributed by atoms with Gasteiger partial charge in [-0.3, -0.25) is 9.88 Å². The Morgan fingerprint density at radius 1 is 1.20 bits per heavy atom. The Hall–Kier alpha value is -3.30. The number of carbonyl (C=O) groups excluding carboxylic acids is 1. The van der Waals surface area contributed by atoms with Gasteiger partial charge in [-0.15, -0.1) is 0 Å². The van der Waals surface area contributed by atoms with Crippen LogP contribution in [0.2, 0.25) is 0 Å². The number of pyridine rings is 1. The van der Waals surface area contributed by atoms with Crippen LogP contribution in [0.25, 0.3) is 0 Å². The highest BCUT2D eigenvalue weighted by Gasteiger charge is 2.33. The van der Waals surface area contributed by atoms with Crippen LogP contribution in [0.15, 0.2) is 54.0 Å². The zero-order valence-electron chi connectivity index (χ0n) is 25.3. The molecule has 222 valence electrons. The predicted molar refractivity (Wildman–Crippen MR) is 163 cm³/mol. The van der Waals surface area contributed by atoms with E-state index in [1.807, 2.05) is 25.3 Å². The summed E-state index contributed by atoms with van der Waals surface area (Å²) in [6.07, 6.45) is 18.0. The average Bonchev–Trinajstić information content (AvgIpc) is 3.01. The van der Waals surface area contributed by atoms with Gasteiger partial charge in [0.15, 0.2) is 0 Å². The van der Waals surface area contributed by atoms with Crippen molar-refractivity contribution in [1.29, 1.82) is 10.5 Å². The summed E-state index contributed by atoms with van der Waals surface area (Å²) < 4.78 is 0. The molecule has 1 aromatic heterocycles. The maximum absolute atomic E-state index is 11.5. The van der Waals surface area contributed by atoms with E-state index < -0.39 is 18.1 Å². The molecule has 0 aromatic carbocycles. The second kappa shape index (κ2) is 18.9. The number of aldehydes is 1. The smallest absolute Gasteiger partial charge is 0.140 e. The molecule has 41 heavy (non-hydrogen) atoms. The number of carbonyl (C=O) groups is 1. The van der Waals surface area contributed by atoms with Crippen LogP contribution in [0.1, 0.15) is 89.3 Å². The Morgan fingerprint density at radius 2 is 2.00 bits per heavy atom. The number of aliphatic hydroxyl groups excluding tert-OH is 1. The van der Waals surface area contributed by atoms with Gasteiger partial charge in [0, 0.05) is 37.2 Å². The maximum atomic E-state index is 11.5. The number of nitrogens with one attached hydrogen (secondary N) is 1. The molecule has 0 amide bonds. The molecule has 2 aliphatic heterocycles. The first-order valence-corrected chi connectivity index (χ1v) is 15.1. The molecule has 2 N–H and O–H groups in total. The number of fused-ring (bicyclic) bond motifs is 1. The van der Waals surface area contributed by atoms with Crippen molar-refractivity contribution in [3.8, 4) is 12.1 Å². The Labute approximate surface area is 247 Å². The van der Waals surface area contributed by atoms with Crippen LogP contribution in [0.3, 0.4) is 0 Å². The number of hydrogen-bond donors (Lipinski definition) is 2. The summed E-state index contributed by atoms with van der Waals surface area (Å²) >= 11 is 0. The monoisotopic (exact) mass is 560 g/mol. The third-order valence-electron chi connectivity index (χ3n) is 7.67. The number of aliphatic hydroxyl groups is 1. The lowest BCUT2D eigenvalue weighted by molar-refractivity contribution is -0.118. The number of allylic oxidation sites excluding steroid dienone is 3. The molecule has 3 heterocycles. The fourth-order valence-electron chi connectivity index (χ4n) is 5.13. The van der Waals surface area contributed by atoms with Crippen molar-refractivity contribution in [2.75, 3.05) is 26.7 Å². The number of nitriles is 2. The third kappa shape index (κ3) is 10.9. The zero-order valence-corrected chi connectivity index (χ0v) is 25.3. The first-order chi connectivity index (χ1) is 19.9. The second-order valence-corrected chi connectivity index (χ2v) is 10.9. The first-order valence-electron chi connectivity index (χ1n) is 15.1. The molecule has 0 saturated carbocycles. The Morgan fingerprint density at radius 3 is 2.66 bits per heavy atom. The molecule has 4 atom stereocenters. The van der Waals surface area contributed by atoms with Gasteiger partial charge in [-0.25, -0.2) is 0 Å². The predicted octanol–water partition coefficient (Wildman–Crippen LogP) is 5.40. The lowest BCUT2D eigenvalue weighted by Gasteiger charge is -2.40. The largest absolute Gasteiger partial charge is 0.372 e. The fraction of sp³-hybridized carbons (Fsp3) is 0.576. The summed E-state index contributed by atoms with van der Waals surface area (Å²) in [5, 5.41) is 32.5. The Kier molecular flexibility index (Phi) is 15.7. The van der Waals surface area contributed by atoms with Crippen LogP contribution in [-0.2, 0) is 4.79 Å². The molecule has 0 spiro atoms. The van der Waals surface area contributed by atoms with Crippen LogP contribution < -0.4 is 5.32 Å². The molecule has 0 radical (unpaired) electrons. The van der Waals surface area contributed by atoms with Gasteiger partial charge in [0.1, 0.15) is 12.5 Å². The SMILES string of the molecule is CCCCCCC(C)NC.CCCN(CCC(C#N)c1cc(C#N)ccn1)CC1=C2C=CC=CN2C(O)C(C=O)C1. The van der Waals surface area contributed by atoms with Crippen LogP contribution in [0, 0.1) is 28.6 Å². The number of nitrogens with zero attached hydrogens (tertiary/aromatic N) is 5. The van der Waals surface area contributed by atoms with Crippen molar-refractivity contribution < 1.29 is 9.90 Å². The van der Waals surface area contributed by atoms with E-state index in [1.54, 1.807) is 29.4 Å². The van der Waals surface area contributed by atoms with Crippen molar-refractivity contribution in [3.05, 3.63) is 65.3 Å². The van der Waals surface area contributed by atoms with Crippen molar-refractivity contribution in [3.63, 3.8) is 0 Å². The van der Waals surface area contributed by atoms with Gasteiger partial charge >= 0.3 is 0 Å². The quantitative estimate of drug-likeness (QED) is 0.216. The molecule has 0 aliphatic carbocycles. The molecule has 0 saturated heterocycles. The highest BCUT2D eigenvalue weighted by Crippen LogP contribution is 2.33. The molecule has 0 fully saturated rings. The number of unbranched alkanes of at least 4 members (excludes halogenated alkanes) is 3. The van der Waals surface area contributed by atoms with Gasteiger partial charge in [-0.1, -0.05) is 45.6 Å². The summed E-state index contributed by atoms with van der Waals surface area (Å²) in [4.78, 5) is 19.9. The summed E-state index contributed by atoms with van der Waals surface area (Å²) in [6, 6.07) is 8.43. The zero-order chi connectivity index (χ0) is 30.0. The molecule has 8 heteroatoms. The van der Waals surface area contributed by atoms with Crippen molar-refractivity contribution in [1.82, 2.24) is 20.1 Å². The lowest BCUT2D eigenvalue weighted by atomic mass is 9.90. The minimum absolute atomic E-state index is 0.393. The lowest BCUT2D eigenvalue weighted by Crippen LogP contribution is -2.43. The molecule has 4 unspecified atom stereocenters. The van der Waals surface area contributed by atoms with Crippen LogP contribution in [0.4, 0.5) is 0 Å². The van der Waals surface area contributed by atoms with Crippen molar-refractivity contribution in [2.24, 2.45) is 5.92 Å². The highest BCUT2D eigenvalue weighted by atomic mass is 16.3. The maximum Gasteiger partial charge on any atom is 0.140 e. The fourth-order valence-corrected chi connectivity index (χ4v) is 5.13. The van der Waals surface area contributed by atoms with E-state index >= 15 is 0 Å². The van der Waals surface area contributed by atoms with Crippen molar-refractivity contribution in [2.45, 2.75) is 90.3 Å². The van der Waals surface area contributed by atoms with Gasteiger partial charge in [0.25, 0.3) is 0 Å². The highest BCUT2D eigenvalue weighted by molar-refractivity contribution is 5.57. The van der Waals surface area contributed by atoms with E-state index in [9.17, 15) is 15.2 Å². The van der Waals surface area contributed by atoms with Crippen LogP contribution in [0.5, 0.6) is 0 Å². The molecular formula is C33H48N6O2. The molecular weight excluding hydrogens is 512 g/mol.